The Hall–Kier alpha value is -2.06. The Bertz CT molecular complexity index is 1840. The quantitative estimate of drug-likeness (QED) is 0.0872. The molecule has 4 aromatic rings. The van der Waals surface area contributed by atoms with Crippen LogP contribution in [0.25, 0.3) is 0 Å². The standard InChI is InChI=1S/C51H73GePS/c1-34(2)38-29-41(35(3)4)45(42(30-38)36(5)6)52(51(16,17)18,33-54-40-27-23-20-24-28-40)47(37-25-21-19-22-26-37)53-46-43(49(10,11)12)31-39(48(7,8)9)32-44(46)50(13,14)15/h19-32,34-36H,33H2,1-18H3. The van der Waals surface area contributed by atoms with Gasteiger partial charge in [-0.15, -0.1) is 0 Å². The van der Waals surface area contributed by atoms with E-state index in [0.717, 1.165) is 4.59 Å². The van der Waals surface area contributed by atoms with E-state index in [1.807, 2.05) is 0 Å². The molecule has 0 aliphatic rings. The van der Waals surface area contributed by atoms with Gasteiger partial charge in [0.25, 0.3) is 0 Å². The molecule has 0 radical (unpaired) electrons. The summed E-state index contributed by atoms with van der Waals surface area (Å²) < 4.78 is 4.61. The summed E-state index contributed by atoms with van der Waals surface area (Å²) in [6.45, 7) is 44.1. The second-order valence-corrected chi connectivity index (χ2v) is 34.7. The Morgan fingerprint density at radius 2 is 1.02 bits per heavy atom. The SMILES string of the molecule is CC(C)c1cc(C(C)C)[c]([Ge]([CH2]Sc2ccccc2)([C](=Pc2c(C(C)(C)C)cc(C(C)(C)C)cc2C(C)(C)C)c2ccccc2)[C](C)(C)C)c(C(C)C)c1. The van der Waals surface area contributed by atoms with E-state index in [1.54, 1.807) is 19.6 Å². The topological polar surface area (TPSA) is 0 Å². The van der Waals surface area contributed by atoms with Crippen LogP contribution in [0.5, 0.6) is 0 Å². The Morgan fingerprint density at radius 1 is 0.574 bits per heavy atom. The van der Waals surface area contributed by atoms with Gasteiger partial charge in [0.15, 0.2) is 0 Å². The summed E-state index contributed by atoms with van der Waals surface area (Å²) in [6.07, 6.45) is 0. The summed E-state index contributed by atoms with van der Waals surface area (Å²) in [5, 5.41) is 1.53. The summed E-state index contributed by atoms with van der Waals surface area (Å²) in [6, 6.07) is 33.4. The van der Waals surface area contributed by atoms with Crippen molar-refractivity contribution in [3.8, 4) is 0 Å². The number of hydrogen-bond donors (Lipinski definition) is 0. The van der Waals surface area contributed by atoms with Gasteiger partial charge in [0.1, 0.15) is 0 Å². The fourth-order valence-electron chi connectivity index (χ4n) is 7.81. The second kappa shape index (κ2) is 16.8. The van der Waals surface area contributed by atoms with Crippen LogP contribution in [0.15, 0.2) is 89.8 Å². The Labute approximate surface area is 341 Å². The zero-order valence-electron chi connectivity index (χ0n) is 37.4. The predicted octanol–water partition coefficient (Wildman–Crippen LogP) is 14.8. The molecule has 54 heavy (non-hydrogen) atoms. The molecule has 0 aromatic heterocycles. The van der Waals surface area contributed by atoms with Gasteiger partial charge < -0.3 is 0 Å². The molecule has 0 aliphatic carbocycles. The van der Waals surface area contributed by atoms with Crippen molar-refractivity contribution in [2.45, 2.75) is 168 Å². The van der Waals surface area contributed by atoms with E-state index in [9.17, 15) is 0 Å². The van der Waals surface area contributed by atoms with Gasteiger partial charge in [-0.2, -0.15) is 0 Å². The van der Waals surface area contributed by atoms with Crippen LogP contribution < -0.4 is 9.70 Å². The van der Waals surface area contributed by atoms with Crippen molar-refractivity contribution in [1.29, 1.82) is 0 Å². The Kier molecular flexibility index (Phi) is 13.9. The van der Waals surface area contributed by atoms with E-state index in [2.05, 4.69) is 221 Å². The molecule has 1 unspecified atom stereocenters. The maximum atomic E-state index is 2.63. The number of hydrogen-bond acceptors (Lipinski definition) is 1. The van der Waals surface area contributed by atoms with Crippen molar-refractivity contribution in [3.63, 3.8) is 0 Å². The van der Waals surface area contributed by atoms with E-state index in [-0.39, 0.29) is 20.5 Å². The zero-order valence-corrected chi connectivity index (χ0v) is 41.2. The van der Waals surface area contributed by atoms with Crippen LogP contribution in [0.3, 0.4) is 0 Å². The van der Waals surface area contributed by atoms with Crippen LogP contribution in [0.1, 0.15) is 181 Å². The minimum absolute atomic E-state index is 0.0212. The first-order chi connectivity index (χ1) is 24.8. The number of benzene rings is 4. The fourth-order valence-corrected chi connectivity index (χ4v) is 31.7. The summed E-state index contributed by atoms with van der Waals surface area (Å²) in [5.41, 5.74) is 10.5. The number of rotatable bonds is 10. The molecule has 0 amide bonds. The summed E-state index contributed by atoms with van der Waals surface area (Å²) in [7, 11) is 1.37. The Balaban J connectivity index is 2.40. The maximum absolute atomic E-state index is 3.57. The molecule has 0 spiro atoms. The summed E-state index contributed by atoms with van der Waals surface area (Å²) >= 11 is -1.45. The third-order valence-corrected chi connectivity index (χ3v) is 30.7. The fraction of sp³-hybridized carbons (Fsp3) is 0.510. The molecule has 0 saturated heterocycles. The molecular weight excluding hydrogens is 748 g/mol. The van der Waals surface area contributed by atoms with Gasteiger partial charge in [-0.3, -0.25) is 0 Å². The summed E-state index contributed by atoms with van der Waals surface area (Å²) in [5.74, 6) is 1.31. The second-order valence-electron chi connectivity index (χ2n) is 20.8. The van der Waals surface area contributed by atoms with E-state index in [1.165, 1.54) is 46.2 Å². The van der Waals surface area contributed by atoms with Crippen LogP contribution in [0.4, 0.5) is 0 Å². The molecule has 0 nitrogen and oxygen atoms in total. The molecular formula is C51H73GePS. The van der Waals surface area contributed by atoms with Gasteiger partial charge in [-0.1, -0.05) is 0 Å². The molecule has 0 heterocycles. The number of thioether (sulfide) groups is 1. The first kappa shape index (κ1) is 44.7. The van der Waals surface area contributed by atoms with Gasteiger partial charge in [-0.05, 0) is 0 Å². The van der Waals surface area contributed by atoms with Crippen molar-refractivity contribution in [2.24, 2.45) is 0 Å². The van der Waals surface area contributed by atoms with Crippen molar-refractivity contribution < 1.29 is 0 Å². The van der Waals surface area contributed by atoms with Crippen molar-refractivity contribution in [2.75, 3.05) is 4.59 Å². The van der Waals surface area contributed by atoms with Gasteiger partial charge in [0.05, 0.1) is 0 Å². The molecule has 0 bridgehead atoms. The van der Waals surface area contributed by atoms with Gasteiger partial charge >= 0.3 is 343 Å². The Morgan fingerprint density at radius 3 is 1.39 bits per heavy atom. The normalized spacial score (nSPS) is 14.6. The van der Waals surface area contributed by atoms with Gasteiger partial charge in [-0.25, -0.2) is 0 Å². The summed E-state index contributed by atoms with van der Waals surface area (Å²) in [4.78, 5) is 1.37. The van der Waals surface area contributed by atoms with Crippen molar-refractivity contribution in [3.05, 3.63) is 124 Å². The average Bonchev–Trinajstić information content (AvgIpc) is 3.06. The third-order valence-electron chi connectivity index (χ3n) is 11.3. The van der Waals surface area contributed by atoms with E-state index >= 15 is 0 Å². The van der Waals surface area contributed by atoms with Crippen LogP contribution >= 0.6 is 20.0 Å². The molecule has 1 atom stereocenters. The molecule has 0 fully saturated rings. The van der Waals surface area contributed by atoms with Crippen molar-refractivity contribution >= 4 is 47.1 Å². The van der Waals surface area contributed by atoms with Crippen LogP contribution in [-0.4, -0.2) is 22.0 Å². The van der Waals surface area contributed by atoms with E-state index in [4.69, 9.17) is 0 Å². The molecule has 0 saturated carbocycles. The molecule has 292 valence electrons. The van der Waals surface area contributed by atoms with Crippen LogP contribution in [0, 0.1) is 0 Å². The molecule has 4 rings (SSSR count). The van der Waals surface area contributed by atoms with Crippen LogP contribution in [-0.2, 0) is 16.2 Å². The molecule has 4 aromatic carbocycles. The van der Waals surface area contributed by atoms with Crippen molar-refractivity contribution in [1.82, 2.24) is 0 Å². The molecule has 3 heteroatoms. The minimum atomic E-state index is -3.57. The third kappa shape index (κ3) is 9.72. The predicted molar refractivity (Wildman–Crippen MR) is 251 cm³/mol. The average molecular weight is 822 g/mol. The van der Waals surface area contributed by atoms with Gasteiger partial charge in [0.2, 0.25) is 0 Å². The monoisotopic (exact) mass is 822 g/mol. The molecule has 0 aliphatic heterocycles. The van der Waals surface area contributed by atoms with E-state index in [0.29, 0.717) is 17.8 Å². The van der Waals surface area contributed by atoms with E-state index < -0.39 is 13.3 Å². The first-order valence-corrected chi connectivity index (χ1v) is 27.0. The first-order valence-electron chi connectivity index (χ1n) is 20.5. The zero-order chi connectivity index (χ0) is 40.6. The van der Waals surface area contributed by atoms with Gasteiger partial charge in [0, 0.05) is 0 Å². The van der Waals surface area contributed by atoms with Crippen LogP contribution in [0.2, 0.25) is 4.25 Å². The molecule has 0 N–H and O–H groups in total.